The Morgan fingerprint density at radius 1 is 0.508 bits per heavy atom. The Labute approximate surface area is 362 Å². The zero-order chi connectivity index (χ0) is 45.3. The lowest BCUT2D eigenvalue weighted by atomic mass is 10.1. The van der Waals surface area contributed by atoms with Crippen LogP contribution in [0.1, 0.15) is 101 Å². The van der Waals surface area contributed by atoms with Crippen molar-refractivity contribution < 1.29 is 42.6 Å². The number of hydrogen-bond acceptors (Lipinski definition) is 9. The third kappa shape index (κ3) is 20.2. The highest BCUT2D eigenvalue weighted by molar-refractivity contribution is 6.74. The van der Waals surface area contributed by atoms with Gasteiger partial charge in [0.05, 0.1) is 6.61 Å². The molecule has 0 radical (unpaired) electrons. The van der Waals surface area contributed by atoms with Crippen LogP contribution in [0.25, 0.3) is 0 Å². The van der Waals surface area contributed by atoms with Crippen LogP contribution >= 0.6 is 0 Å². The van der Waals surface area contributed by atoms with E-state index in [9.17, 15) is 19.2 Å². The maximum Gasteiger partial charge on any atom is 0.408 e. The number of amides is 4. The summed E-state index contributed by atoms with van der Waals surface area (Å²) in [4.78, 5) is 48.6. The molecule has 0 fully saturated rings. The number of benzene rings is 3. The second-order valence-electron chi connectivity index (χ2n) is 17.8. The van der Waals surface area contributed by atoms with Gasteiger partial charge in [-0.3, -0.25) is 0 Å². The van der Waals surface area contributed by atoms with Gasteiger partial charge in [-0.15, -0.1) is 0 Å². The second-order valence-corrected chi connectivity index (χ2v) is 22.6. The van der Waals surface area contributed by atoms with Crippen molar-refractivity contribution in [2.24, 2.45) is 0 Å². The summed E-state index contributed by atoms with van der Waals surface area (Å²) < 4.78 is 27.5. The van der Waals surface area contributed by atoms with E-state index in [1.54, 1.807) is 41.5 Å². The SMILES string of the molecule is CC(C)(C)OC(=O)NCc1ccc(CNC(=O)OCC#Cc2cc(C#CCOC(=O)NCc3ccc(CNC(=O)OC(C)(C)C)cc3)cc(CO[Si](C)(C)C(C)(C)C)c2)cc1. The van der Waals surface area contributed by atoms with Crippen LogP contribution in [0.4, 0.5) is 19.2 Å². The molecular weight excluding hydrogens is 793 g/mol. The van der Waals surface area contributed by atoms with E-state index < -0.39 is 43.9 Å². The average molecular weight is 855 g/mol. The highest BCUT2D eigenvalue weighted by Gasteiger charge is 2.37. The monoisotopic (exact) mass is 854 g/mol. The summed E-state index contributed by atoms with van der Waals surface area (Å²) in [6.45, 7) is 23.0. The largest absolute Gasteiger partial charge is 0.444 e. The van der Waals surface area contributed by atoms with Crippen molar-refractivity contribution in [3.63, 3.8) is 0 Å². The minimum atomic E-state index is -2.05. The van der Waals surface area contributed by atoms with Crippen LogP contribution < -0.4 is 21.3 Å². The number of rotatable bonds is 13. The van der Waals surface area contributed by atoms with Crippen molar-refractivity contribution in [2.45, 2.75) is 124 Å². The lowest BCUT2D eigenvalue weighted by molar-refractivity contribution is 0.0512. The fourth-order valence-corrected chi connectivity index (χ4v) is 5.82. The molecule has 0 aliphatic carbocycles. The first-order valence-corrected chi connectivity index (χ1v) is 23.0. The third-order valence-corrected chi connectivity index (χ3v) is 13.5. The molecule has 13 nitrogen and oxygen atoms in total. The summed E-state index contributed by atoms with van der Waals surface area (Å²) >= 11 is 0. The molecule has 0 saturated heterocycles. The maximum absolute atomic E-state index is 12.4. The van der Waals surface area contributed by atoms with Crippen LogP contribution in [0, 0.1) is 23.7 Å². The highest BCUT2D eigenvalue weighted by Crippen LogP contribution is 2.37. The molecule has 3 aromatic carbocycles. The highest BCUT2D eigenvalue weighted by atomic mass is 28.4. The molecule has 4 amide bonds. The topological polar surface area (TPSA) is 163 Å². The van der Waals surface area contributed by atoms with Crippen LogP contribution in [0.3, 0.4) is 0 Å². The van der Waals surface area contributed by atoms with E-state index in [1.807, 2.05) is 66.7 Å². The predicted octanol–water partition coefficient (Wildman–Crippen LogP) is 8.81. The van der Waals surface area contributed by atoms with Crippen molar-refractivity contribution in [3.8, 4) is 23.7 Å². The molecule has 0 aliphatic heterocycles. The Hall–Kier alpha value is -5.96. The van der Waals surface area contributed by atoms with E-state index in [4.69, 9.17) is 23.4 Å². The summed E-state index contributed by atoms with van der Waals surface area (Å²) in [6, 6.07) is 20.5. The van der Waals surface area contributed by atoms with Gasteiger partial charge >= 0.3 is 24.4 Å². The van der Waals surface area contributed by atoms with E-state index in [-0.39, 0.29) is 31.3 Å². The second kappa shape index (κ2) is 22.6. The lowest BCUT2D eigenvalue weighted by Gasteiger charge is -2.36. The van der Waals surface area contributed by atoms with E-state index in [1.165, 1.54) is 0 Å². The molecule has 328 valence electrons. The van der Waals surface area contributed by atoms with Gasteiger partial charge in [-0.2, -0.15) is 0 Å². The lowest BCUT2D eigenvalue weighted by Crippen LogP contribution is -2.40. The van der Waals surface area contributed by atoms with Crippen molar-refractivity contribution >= 4 is 32.7 Å². The summed E-state index contributed by atoms with van der Waals surface area (Å²) in [5.74, 6) is 11.9. The van der Waals surface area contributed by atoms with Crippen LogP contribution in [-0.2, 0) is 56.2 Å². The first kappa shape index (κ1) is 49.4. The van der Waals surface area contributed by atoms with Crippen LogP contribution in [0.2, 0.25) is 18.1 Å². The number of ether oxygens (including phenoxy) is 4. The molecule has 61 heavy (non-hydrogen) atoms. The van der Waals surface area contributed by atoms with Crippen molar-refractivity contribution in [2.75, 3.05) is 13.2 Å². The molecular formula is C47H62N4O9Si. The summed E-state index contributed by atoms with van der Waals surface area (Å²) in [5.41, 5.74) is 4.55. The van der Waals surface area contributed by atoms with Crippen molar-refractivity contribution in [1.29, 1.82) is 0 Å². The van der Waals surface area contributed by atoms with Gasteiger partial charge < -0.3 is 44.6 Å². The average Bonchev–Trinajstić information content (AvgIpc) is 3.16. The Morgan fingerprint density at radius 2 is 0.836 bits per heavy atom. The molecule has 0 aliphatic rings. The van der Waals surface area contributed by atoms with Gasteiger partial charge in [0.25, 0.3) is 0 Å². The first-order valence-electron chi connectivity index (χ1n) is 20.1. The molecule has 3 rings (SSSR count). The Morgan fingerprint density at radius 3 is 1.15 bits per heavy atom. The predicted molar refractivity (Wildman–Crippen MR) is 238 cm³/mol. The van der Waals surface area contributed by atoms with Crippen LogP contribution in [-0.4, -0.2) is 57.1 Å². The molecule has 0 atom stereocenters. The van der Waals surface area contributed by atoms with Gasteiger partial charge in [0.2, 0.25) is 0 Å². The van der Waals surface area contributed by atoms with E-state index in [0.29, 0.717) is 30.8 Å². The molecule has 0 saturated carbocycles. The van der Waals surface area contributed by atoms with Gasteiger partial charge in [0, 0.05) is 37.3 Å². The molecule has 0 unspecified atom stereocenters. The van der Waals surface area contributed by atoms with Gasteiger partial charge in [0.1, 0.15) is 11.2 Å². The van der Waals surface area contributed by atoms with E-state index in [2.05, 4.69) is 78.8 Å². The summed E-state index contributed by atoms with van der Waals surface area (Å²) in [5, 5.41) is 10.9. The molecule has 4 N–H and O–H groups in total. The number of carbonyl (C=O) groups is 4. The fourth-order valence-electron chi connectivity index (χ4n) is 4.86. The third-order valence-electron chi connectivity index (χ3n) is 9.01. The molecule has 3 aromatic rings. The van der Waals surface area contributed by atoms with Crippen molar-refractivity contribution in [1.82, 2.24) is 21.3 Å². The molecule has 0 heterocycles. The molecule has 0 spiro atoms. The zero-order valence-electron chi connectivity index (χ0n) is 37.5. The Kier molecular flexibility index (Phi) is 18.3. The normalized spacial score (nSPS) is 11.4. The fraction of sp³-hybridized carbons (Fsp3) is 0.447. The van der Waals surface area contributed by atoms with E-state index >= 15 is 0 Å². The maximum atomic E-state index is 12.4. The first-order chi connectivity index (χ1) is 28.5. The van der Waals surface area contributed by atoms with Gasteiger partial charge in [-0.25, -0.2) is 19.2 Å². The minimum absolute atomic E-state index is 0.0250. The van der Waals surface area contributed by atoms with E-state index in [0.717, 1.165) is 27.8 Å². The Balaban J connectivity index is 1.52. The van der Waals surface area contributed by atoms with Gasteiger partial charge in [-0.05, 0) is 106 Å². The molecule has 14 heteroatoms. The van der Waals surface area contributed by atoms with Crippen LogP contribution in [0.15, 0.2) is 66.7 Å². The Bertz CT molecular complexity index is 1940. The summed E-state index contributed by atoms with van der Waals surface area (Å²) in [7, 11) is -2.05. The van der Waals surface area contributed by atoms with Gasteiger partial charge in [0.15, 0.2) is 21.5 Å². The quantitative estimate of drug-likeness (QED) is 0.0748. The number of hydrogen-bond donors (Lipinski definition) is 4. The standard InChI is InChI=1S/C47H62N4O9Si/c1-45(2,3)59-43(54)50-31-36-20-16-34(17-21-36)29-48-41(52)56-24-12-14-38-26-39(28-40(27-38)33-58-61(10,11)47(7,8)9)15-13-25-57-42(53)49-30-35-18-22-37(23-19-35)32-51-44(55)60-46(4,5)6/h16-23,26-28H,24-25,29-33H2,1-11H3,(H,48,52)(H,49,53)(H,50,54)(H,51,55). The number of alkyl carbamates (subject to hydrolysis) is 4. The summed E-state index contributed by atoms with van der Waals surface area (Å²) in [6.07, 6.45) is -2.20. The van der Waals surface area contributed by atoms with Crippen molar-refractivity contribution in [3.05, 3.63) is 106 Å². The number of nitrogens with one attached hydrogen (secondary N) is 4. The zero-order valence-corrected chi connectivity index (χ0v) is 38.5. The number of carbonyl (C=O) groups excluding carboxylic acids is 4. The van der Waals surface area contributed by atoms with Gasteiger partial charge in [-0.1, -0.05) is 93.0 Å². The van der Waals surface area contributed by atoms with Crippen LogP contribution in [0.5, 0.6) is 0 Å². The smallest absolute Gasteiger partial charge is 0.408 e. The molecule has 0 aromatic heterocycles. The minimum Gasteiger partial charge on any atom is -0.444 e. The molecule has 0 bridgehead atoms.